The van der Waals surface area contributed by atoms with Crippen LogP contribution in [0, 0.1) is 5.82 Å². The highest BCUT2D eigenvalue weighted by molar-refractivity contribution is 5.91. The molecule has 3 nitrogen and oxygen atoms in total. The Morgan fingerprint density at radius 1 is 1.42 bits per heavy atom. The molecule has 0 radical (unpaired) electrons. The average Bonchev–Trinajstić information content (AvgIpc) is 2.26. The normalized spacial score (nSPS) is 11.8. The lowest BCUT2D eigenvalue weighted by atomic mass is 10.1. The van der Waals surface area contributed by atoms with E-state index in [0.717, 1.165) is 0 Å². The van der Waals surface area contributed by atoms with Gasteiger partial charge in [0.2, 0.25) is 0 Å². The highest BCUT2D eigenvalue weighted by atomic mass is 19.4. The van der Waals surface area contributed by atoms with Gasteiger partial charge in [0.25, 0.3) is 6.43 Å². The number of hydrogen-bond donors (Lipinski definition) is 0. The Morgan fingerprint density at radius 2 is 2.00 bits per heavy atom. The summed E-state index contributed by atoms with van der Waals surface area (Å²) in [6.45, 7) is 0.982. The van der Waals surface area contributed by atoms with E-state index in [0.29, 0.717) is 0 Å². The van der Waals surface area contributed by atoms with Gasteiger partial charge in [0, 0.05) is 6.20 Å². The molecule has 0 bridgehead atoms. The van der Waals surface area contributed by atoms with Crippen molar-refractivity contribution in [2.24, 2.45) is 0 Å². The van der Waals surface area contributed by atoms with Crippen LogP contribution in [-0.2, 0) is 10.9 Å². The molecule has 0 aliphatic heterocycles. The number of carbonyl (C=O) groups is 1. The molecular formula is C10H7F6NO2. The van der Waals surface area contributed by atoms with Gasteiger partial charge in [0.05, 0.1) is 6.61 Å². The summed E-state index contributed by atoms with van der Waals surface area (Å²) in [5.74, 6) is -3.73. The fraction of sp³-hybridized carbons (Fsp3) is 0.400. The van der Waals surface area contributed by atoms with Crippen molar-refractivity contribution < 1.29 is 35.9 Å². The Bertz CT molecular complexity index is 486. The highest BCUT2D eigenvalue weighted by Crippen LogP contribution is 2.34. The number of halogens is 6. The first-order valence-electron chi connectivity index (χ1n) is 4.91. The molecule has 0 atom stereocenters. The van der Waals surface area contributed by atoms with Crippen LogP contribution in [-0.4, -0.2) is 17.6 Å². The lowest BCUT2D eigenvalue weighted by Crippen LogP contribution is -2.18. The van der Waals surface area contributed by atoms with Crippen LogP contribution < -0.4 is 0 Å². The van der Waals surface area contributed by atoms with Crippen LogP contribution in [0.25, 0.3) is 0 Å². The summed E-state index contributed by atoms with van der Waals surface area (Å²) in [6, 6.07) is 0. The number of alkyl halides is 5. The molecule has 0 spiro atoms. The van der Waals surface area contributed by atoms with Crippen LogP contribution in [0.4, 0.5) is 26.3 Å². The van der Waals surface area contributed by atoms with Gasteiger partial charge in [-0.2, -0.15) is 13.2 Å². The second-order valence-corrected chi connectivity index (χ2v) is 3.27. The van der Waals surface area contributed by atoms with Crippen LogP contribution in [0.5, 0.6) is 0 Å². The number of esters is 1. The van der Waals surface area contributed by atoms with Crippen LogP contribution >= 0.6 is 0 Å². The molecule has 1 rings (SSSR count). The van der Waals surface area contributed by atoms with Crippen LogP contribution in [0.2, 0.25) is 0 Å². The van der Waals surface area contributed by atoms with Crippen molar-refractivity contribution in [1.82, 2.24) is 4.98 Å². The zero-order valence-electron chi connectivity index (χ0n) is 9.39. The maximum absolute atomic E-state index is 13.6. The number of aromatic nitrogens is 1. The standard InChI is InChI=1S/C10H7F6NO2/c1-2-19-9(18)5-6(11)4(10(14,15)16)3-17-7(5)8(12)13/h3,8H,2H2,1H3. The van der Waals surface area contributed by atoms with E-state index in [1.807, 2.05) is 0 Å². The molecule has 0 amide bonds. The Morgan fingerprint density at radius 3 is 2.42 bits per heavy atom. The molecule has 0 aliphatic rings. The number of hydrogen-bond acceptors (Lipinski definition) is 3. The van der Waals surface area contributed by atoms with E-state index >= 15 is 0 Å². The van der Waals surface area contributed by atoms with Crippen molar-refractivity contribution in [3.63, 3.8) is 0 Å². The van der Waals surface area contributed by atoms with Gasteiger partial charge in [-0.3, -0.25) is 4.98 Å². The molecular weight excluding hydrogens is 280 g/mol. The first kappa shape index (κ1) is 15.3. The van der Waals surface area contributed by atoms with Gasteiger partial charge in [0.15, 0.2) is 5.82 Å². The smallest absolute Gasteiger partial charge is 0.420 e. The lowest BCUT2D eigenvalue weighted by molar-refractivity contribution is -0.140. The van der Waals surface area contributed by atoms with Gasteiger partial charge in [-0.05, 0) is 6.92 Å². The molecule has 19 heavy (non-hydrogen) atoms. The number of carbonyl (C=O) groups excluding carboxylic acids is 1. The van der Waals surface area contributed by atoms with Crippen LogP contribution in [0.3, 0.4) is 0 Å². The predicted octanol–water partition coefficient (Wildman–Crippen LogP) is 3.35. The fourth-order valence-electron chi connectivity index (χ4n) is 1.26. The summed E-state index contributed by atoms with van der Waals surface area (Å²) in [7, 11) is 0. The molecule has 0 saturated heterocycles. The van der Waals surface area contributed by atoms with Crippen LogP contribution in [0.1, 0.15) is 35.0 Å². The van der Waals surface area contributed by atoms with Gasteiger partial charge < -0.3 is 4.74 Å². The summed E-state index contributed by atoms with van der Waals surface area (Å²) in [5, 5.41) is 0. The number of pyridine rings is 1. The first-order valence-corrected chi connectivity index (χ1v) is 4.91. The molecule has 0 unspecified atom stereocenters. The van der Waals surface area contributed by atoms with Crippen molar-refractivity contribution in [2.45, 2.75) is 19.5 Å². The van der Waals surface area contributed by atoms with E-state index < -0.39 is 41.2 Å². The Labute approximate surface area is 103 Å². The maximum atomic E-state index is 13.6. The molecule has 1 aromatic heterocycles. The third-order valence-corrected chi connectivity index (χ3v) is 2.04. The highest BCUT2D eigenvalue weighted by Gasteiger charge is 2.39. The average molecular weight is 287 g/mol. The monoisotopic (exact) mass is 287 g/mol. The molecule has 0 N–H and O–H groups in total. The molecule has 0 fully saturated rings. The van der Waals surface area contributed by atoms with E-state index in [-0.39, 0.29) is 12.8 Å². The van der Waals surface area contributed by atoms with E-state index in [9.17, 15) is 31.1 Å². The Kier molecular flexibility index (Phi) is 4.38. The minimum atomic E-state index is -5.15. The lowest BCUT2D eigenvalue weighted by Gasteiger charge is -2.13. The molecule has 1 aromatic rings. The maximum Gasteiger partial charge on any atom is 0.420 e. The fourth-order valence-corrected chi connectivity index (χ4v) is 1.26. The minimum absolute atomic E-state index is 0.0838. The number of nitrogens with zero attached hydrogens (tertiary/aromatic N) is 1. The first-order chi connectivity index (χ1) is 8.70. The van der Waals surface area contributed by atoms with Gasteiger partial charge in [-0.15, -0.1) is 0 Å². The zero-order valence-corrected chi connectivity index (χ0v) is 9.39. The predicted molar refractivity (Wildman–Crippen MR) is 50.1 cm³/mol. The van der Waals surface area contributed by atoms with Gasteiger partial charge in [-0.25, -0.2) is 18.0 Å². The third-order valence-electron chi connectivity index (χ3n) is 2.04. The third kappa shape index (κ3) is 3.15. The molecule has 106 valence electrons. The second-order valence-electron chi connectivity index (χ2n) is 3.27. The topological polar surface area (TPSA) is 39.2 Å². The quantitative estimate of drug-likeness (QED) is 0.632. The number of rotatable bonds is 3. The van der Waals surface area contributed by atoms with E-state index in [4.69, 9.17) is 0 Å². The molecule has 9 heteroatoms. The van der Waals surface area contributed by atoms with Crippen molar-refractivity contribution in [1.29, 1.82) is 0 Å². The summed E-state index contributed by atoms with van der Waals surface area (Å²) >= 11 is 0. The van der Waals surface area contributed by atoms with Crippen molar-refractivity contribution in [2.75, 3.05) is 6.61 Å². The van der Waals surface area contributed by atoms with Gasteiger partial charge in [0.1, 0.15) is 16.8 Å². The Hall–Kier alpha value is -1.80. The zero-order chi connectivity index (χ0) is 14.8. The van der Waals surface area contributed by atoms with Gasteiger partial charge >= 0.3 is 12.1 Å². The summed E-state index contributed by atoms with van der Waals surface area (Å²) in [5.41, 5.74) is -4.78. The molecule has 0 aromatic carbocycles. The summed E-state index contributed by atoms with van der Waals surface area (Å²) < 4.78 is 80.0. The van der Waals surface area contributed by atoms with Crippen molar-refractivity contribution in [3.8, 4) is 0 Å². The Balaban J connectivity index is 3.49. The summed E-state index contributed by atoms with van der Waals surface area (Å²) in [4.78, 5) is 14.1. The molecule has 0 saturated carbocycles. The van der Waals surface area contributed by atoms with E-state index in [1.165, 1.54) is 6.92 Å². The van der Waals surface area contributed by atoms with Gasteiger partial charge in [-0.1, -0.05) is 0 Å². The largest absolute Gasteiger partial charge is 0.462 e. The molecule has 1 heterocycles. The van der Waals surface area contributed by atoms with Crippen LogP contribution in [0.15, 0.2) is 6.20 Å². The minimum Gasteiger partial charge on any atom is -0.462 e. The van der Waals surface area contributed by atoms with Crippen molar-refractivity contribution in [3.05, 3.63) is 28.8 Å². The summed E-state index contributed by atoms with van der Waals surface area (Å²) in [6.07, 6.45) is -8.64. The second kappa shape index (κ2) is 5.45. The van der Waals surface area contributed by atoms with E-state index in [2.05, 4.69) is 9.72 Å². The SMILES string of the molecule is CCOC(=O)c1c(C(F)F)ncc(C(F)(F)F)c1F. The van der Waals surface area contributed by atoms with Crippen molar-refractivity contribution >= 4 is 5.97 Å². The molecule has 0 aliphatic carbocycles. The van der Waals surface area contributed by atoms with E-state index in [1.54, 1.807) is 0 Å². The number of ether oxygens (including phenoxy) is 1.